The van der Waals surface area contributed by atoms with Crippen molar-refractivity contribution in [2.75, 3.05) is 6.54 Å². The predicted octanol–water partition coefficient (Wildman–Crippen LogP) is 3.66. The number of hydrogen-bond donors (Lipinski definition) is 2. The van der Waals surface area contributed by atoms with E-state index in [0.29, 0.717) is 41.5 Å². The maximum absolute atomic E-state index is 12.2. The van der Waals surface area contributed by atoms with Gasteiger partial charge in [0.15, 0.2) is 0 Å². The molecule has 28 heavy (non-hydrogen) atoms. The van der Waals surface area contributed by atoms with Gasteiger partial charge in [0, 0.05) is 24.8 Å². The Labute approximate surface area is 164 Å². The first-order chi connectivity index (χ1) is 13.4. The van der Waals surface area contributed by atoms with Crippen molar-refractivity contribution in [2.24, 2.45) is 0 Å². The van der Waals surface area contributed by atoms with Crippen molar-refractivity contribution < 1.29 is 18.3 Å². The maximum atomic E-state index is 12.2. The predicted molar refractivity (Wildman–Crippen MR) is 99.6 cm³/mol. The monoisotopic (exact) mass is 409 g/mol. The van der Waals surface area contributed by atoms with Crippen molar-refractivity contribution in [3.8, 4) is 17.0 Å². The molecule has 0 fully saturated rings. The van der Waals surface area contributed by atoms with Gasteiger partial charge in [-0.3, -0.25) is 14.6 Å². The average Bonchev–Trinajstić information content (AvgIpc) is 3.26. The highest BCUT2D eigenvalue weighted by atomic mass is 35.5. The number of aromatic amines is 1. The van der Waals surface area contributed by atoms with Gasteiger partial charge >= 0.3 is 6.61 Å². The zero-order chi connectivity index (χ0) is 20.1. The largest absolute Gasteiger partial charge is 0.435 e. The number of nitrogens with zero attached hydrogens (tertiary/aromatic N) is 3. The van der Waals surface area contributed by atoms with Crippen LogP contribution in [0.4, 0.5) is 8.78 Å². The van der Waals surface area contributed by atoms with Crippen molar-refractivity contribution in [3.63, 3.8) is 0 Å². The second-order valence-corrected chi connectivity index (χ2v) is 6.41. The molecule has 2 heterocycles. The Morgan fingerprint density at radius 2 is 2.11 bits per heavy atom. The summed E-state index contributed by atoms with van der Waals surface area (Å²) in [6, 6.07) is 7.60. The molecule has 0 aliphatic rings. The molecule has 1 amide bonds. The quantitative estimate of drug-likeness (QED) is 0.556. The van der Waals surface area contributed by atoms with Crippen LogP contribution >= 0.6 is 11.6 Å². The van der Waals surface area contributed by atoms with Crippen molar-refractivity contribution >= 4 is 17.5 Å². The molecule has 148 valence electrons. The molecule has 3 rings (SSSR count). The SMILES string of the molecule is Cc1nn(CCCNC(=O)c2cc(-c3ccc(OC(F)F)cc3)n[nH]2)cc1Cl. The van der Waals surface area contributed by atoms with Gasteiger partial charge in [0.05, 0.1) is 16.4 Å². The molecule has 0 saturated carbocycles. The maximum Gasteiger partial charge on any atom is 0.387 e. The third-order valence-electron chi connectivity index (χ3n) is 3.93. The number of benzene rings is 1. The first-order valence-electron chi connectivity index (χ1n) is 8.51. The molecule has 0 atom stereocenters. The van der Waals surface area contributed by atoms with Crippen LogP contribution in [0.2, 0.25) is 5.02 Å². The summed E-state index contributed by atoms with van der Waals surface area (Å²) in [6.07, 6.45) is 2.44. The summed E-state index contributed by atoms with van der Waals surface area (Å²) < 4.78 is 30.4. The van der Waals surface area contributed by atoms with Crippen molar-refractivity contribution in [2.45, 2.75) is 26.5 Å². The van der Waals surface area contributed by atoms with E-state index in [-0.39, 0.29) is 11.7 Å². The number of amides is 1. The molecule has 7 nitrogen and oxygen atoms in total. The van der Waals surface area contributed by atoms with E-state index in [9.17, 15) is 13.6 Å². The lowest BCUT2D eigenvalue weighted by molar-refractivity contribution is -0.0498. The minimum Gasteiger partial charge on any atom is -0.435 e. The van der Waals surface area contributed by atoms with Gasteiger partial charge in [0.1, 0.15) is 11.4 Å². The highest BCUT2D eigenvalue weighted by Crippen LogP contribution is 2.22. The summed E-state index contributed by atoms with van der Waals surface area (Å²) in [7, 11) is 0. The number of rotatable bonds is 8. The van der Waals surface area contributed by atoms with E-state index in [2.05, 4.69) is 25.3 Å². The van der Waals surface area contributed by atoms with Gasteiger partial charge < -0.3 is 10.1 Å². The molecular formula is C18H18ClF2N5O2. The standard InChI is InChI=1S/C18H18ClF2N5O2/c1-11-14(19)10-26(25-11)8-2-7-22-17(27)16-9-15(23-24-16)12-3-5-13(6-4-12)28-18(20)21/h3-6,9-10,18H,2,7-8H2,1H3,(H,22,27)(H,23,24). The van der Waals surface area contributed by atoms with Crippen LogP contribution < -0.4 is 10.1 Å². The number of hydrogen-bond acceptors (Lipinski definition) is 4. The van der Waals surface area contributed by atoms with Crippen LogP contribution in [0.25, 0.3) is 11.3 Å². The van der Waals surface area contributed by atoms with Crippen molar-refractivity contribution in [1.29, 1.82) is 0 Å². The van der Waals surface area contributed by atoms with Crippen molar-refractivity contribution in [1.82, 2.24) is 25.3 Å². The fraction of sp³-hybridized carbons (Fsp3) is 0.278. The highest BCUT2D eigenvalue weighted by Gasteiger charge is 2.11. The lowest BCUT2D eigenvalue weighted by Crippen LogP contribution is -2.25. The molecule has 0 radical (unpaired) electrons. The number of H-pyrrole nitrogens is 1. The topological polar surface area (TPSA) is 84.8 Å². The summed E-state index contributed by atoms with van der Waals surface area (Å²) in [5.41, 5.74) is 2.27. The normalized spacial score (nSPS) is 11.0. The molecule has 0 saturated heterocycles. The minimum absolute atomic E-state index is 0.0564. The van der Waals surface area contributed by atoms with Gasteiger partial charge in [-0.25, -0.2) is 0 Å². The van der Waals surface area contributed by atoms with Crippen LogP contribution in [0.15, 0.2) is 36.5 Å². The summed E-state index contributed by atoms with van der Waals surface area (Å²) >= 11 is 5.95. The second kappa shape index (κ2) is 8.83. The Hall–Kier alpha value is -2.94. The molecule has 0 aliphatic carbocycles. The lowest BCUT2D eigenvalue weighted by Gasteiger charge is -2.04. The van der Waals surface area contributed by atoms with E-state index in [0.717, 1.165) is 5.69 Å². The van der Waals surface area contributed by atoms with Crippen LogP contribution in [0.5, 0.6) is 5.75 Å². The summed E-state index contributed by atoms with van der Waals surface area (Å²) in [4.78, 5) is 12.2. The summed E-state index contributed by atoms with van der Waals surface area (Å²) in [5.74, 6) is -0.230. The Kier molecular flexibility index (Phi) is 6.25. The van der Waals surface area contributed by atoms with Gasteiger partial charge in [0.25, 0.3) is 5.91 Å². The number of halogens is 3. The number of nitrogens with one attached hydrogen (secondary N) is 2. The fourth-order valence-corrected chi connectivity index (χ4v) is 2.69. The summed E-state index contributed by atoms with van der Waals surface area (Å²) in [5, 5.41) is 14.4. The molecule has 10 heteroatoms. The van der Waals surface area contributed by atoms with E-state index in [1.165, 1.54) is 12.1 Å². The van der Waals surface area contributed by atoms with Gasteiger partial charge in [-0.1, -0.05) is 11.6 Å². The van der Waals surface area contributed by atoms with Crippen molar-refractivity contribution in [3.05, 3.63) is 52.9 Å². The molecule has 0 aliphatic heterocycles. The van der Waals surface area contributed by atoms with Crippen LogP contribution in [0.1, 0.15) is 22.6 Å². The van der Waals surface area contributed by atoms with E-state index in [1.807, 2.05) is 6.92 Å². The Bertz CT molecular complexity index is 920. The van der Waals surface area contributed by atoms with Gasteiger partial charge in [-0.05, 0) is 43.7 Å². The number of alkyl halides is 2. The smallest absolute Gasteiger partial charge is 0.387 e. The number of ether oxygens (including phenoxy) is 1. The fourth-order valence-electron chi connectivity index (χ4n) is 2.54. The first-order valence-corrected chi connectivity index (χ1v) is 8.88. The molecule has 3 aromatic rings. The Balaban J connectivity index is 1.50. The van der Waals surface area contributed by atoms with E-state index >= 15 is 0 Å². The second-order valence-electron chi connectivity index (χ2n) is 6.00. The summed E-state index contributed by atoms with van der Waals surface area (Å²) in [6.45, 7) is 0.0507. The van der Waals surface area contributed by atoms with Crippen LogP contribution in [-0.4, -0.2) is 39.0 Å². The van der Waals surface area contributed by atoms with Crippen LogP contribution in [0, 0.1) is 6.92 Å². The molecule has 2 aromatic heterocycles. The first kappa shape index (κ1) is 19.8. The third-order valence-corrected chi connectivity index (χ3v) is 4.30. The molecule has 0 bridgehead atoms. The molecular weight excluding hydrogens is 392 g/mol. The molecule has 1 aromatic carbocycles. The van der Waals surface area contributed by atoms with E-state index < -0.39 is 6.61 Å². The average molecular weight is 410 g/mol. The number of carbonyl (C=O) groups excluding carboxylic acids is 1. The van der Waals surface area contributed by atoms with Crippen LogP contribution in [0.3, 0.4) is 0 Å². The molecule has 0 spiro atoms. The number of aromatic nitrogens is 4. The lowest BCUT2D eigenvalue weighted by atomic mass is 10.1. The number of carbonyl (C=O) groups is 1. The van der Waals surface area contributed by atoms with Gasteiger partial charge in [-0.2, -0.15) is 19.0 Å². The highest BCUT2D eigenvalue weighted by molar-refractivity contribution is 6.31. The molecule has 0 unspecified atom stereocenters. The number of aryl methyl sites for hydroxylation is 2. The van der Waals surface area contributed by atoms with E-state index in [4.69, 9.17) is 11.6 Å². The zero-order valence-corrected chi connectivity index (χ0v) is 15.7. The Morgan fingerprint density at radius 3 is 2.75 bits per heavy atom. The van der Waals surface area contributed by atoms with E-state index in [1.54, 1.807) is 29.1 Å². The Morgan fingerprint density at radius 1 is 1.36 bits per heavy atom. The minimum atomic E-state index is -2.87. The zero-order valence-electron chi connectivity index (χ0n) is 15.0. The third kappa shape index (κ3) is 5.07. The molecule has 2 N–H and O–H groups in total. The van der Waals surface area contributed by atoms with Gasteiger partial charge in [-0.15, -0.1) is 0 Å². The van der Waals surface area contributed by atoms with Gasteiger partial charge in [0.2, 0.25) is 0 Å². The van der Waals surface area contributed by atoms with Crippen LogP contribution in [-0.2, 0) is 6.54 Å².